The first kappa shape index (κ1) is 29.4. The van der Waals surface area contributed by atoms with Gasteiger partial charge in [0.05, 0.1) is 18.5 Å². The summed E-state index contributed by atoms with van der Waals surface area (Å²) in [4.78, 5) is 39.3. The number of benzene rings is 1. The van der Waals surface area contributed by atoms with Crippen molar-refractivity contribution >= 4 is 46.6 Å². The monoisotopic (exact) mass is 546 g/mol. The zero-order chi connectivity index (χ0) is 27.8. The van der Waals surface area contributed by atoms with E-state index in [0.29, 0.717) is 74.8 Å². The molecule has 0 bridgehead atoms. The Bertz CT molecular complexity index is 1120. The van der Waals surface area contributed by atoms with Crippen molar-refractivity contribution in [2.75, 3.05) is 68.7 Å². The van der Waals surface area contributed by atoms with Gasteiger partial charge in [-0.15, -0.1) is 0 Å². The molecule has 0 atom stereocenters. The third-order valence-electron chi connectivity index (χ3n) is 6.38. The first-order chi connectivity index (χ1) is 18.3. The normalized spacial score (nSPS) is 15.2. The molecule has 0 aliphatic carbocycles. The lowest BCUT2D eigenvalue weighted by atomic mass is 10.00. The van der Waals surface area contributed by atoms with Gasteiger partial charge in [0.1, 0.15) is 17.4 Å². The number of hydrogen-bond donors (Lipinski definition) is 1. The molecule has 0 saturated carbocycles. The number of halogens is 1. The Morgan fingerprint density at radius 3 is 2.50 bits per heavy atom. The molecule has 11 heteroatoms. The number of carbonyl (C=O) groups excluding carboxylic acids is 2. The van der Waals surface area contributed by atoms with Crippen molar-refractivity contribution in [2.24, 2.45) is 5.92 Å². The van der Waals surface area contributed by atoms with Gasteiger partial charge >= 0.3 is 0 Å². The van der Waals surface area contributed by atoms with Crippen molar-refractivity contribution in [1.82, 2.24) is 14.9 Å². The fourth-order valence-corrected chi connectivity index (χ4v) is 4.55. The van der Waals surface area contributed by atoms with Crippen molar-refractivity contribution in [2.45, 2.75) is 40.5 Å². The molecule has 2 aliphatic heterocycles. The van der Waals surface area contributed by atoms with Gasteiger partial charge in [-0.3, -0.25) is 9.59 Å². The summed E-state index contributed by atoms with van der Waals surface area (Å²) >= 11 is 6.45. The summed E-state index contributed by atoms with van der Waals surface area (Å²) in [6, 6.07) is 3.84. The van der Waals surface area contributed by atoms with Crippen LogP contribution in [-0.2, 0) is 20.7 Å². The highest BCUT2D eigenvalue weighted by Crippen LogP contribution is 2.40. The fourth-order valence-electron chi connectivity index (χ4n) is 4.41. The molecule has 0 spiro atoms. The van der Waals surface area contributed by atoms with E-state index in [1.54, 1.807) is 25.3 Å². The summed E-state index contributed by atoms with van der Waals surface area (Å²) in [7, 11) is 3.38. The second-order valence-electron chi connectivity index (χ2n) is 9.23. The molecular weight excluding hydrogens is 508 g/mol. The van der Waals surface area contributed by atoms with Crippen LogP contribution >= 0.6 is 11.6 Å². The third-order valence-corrected chi connectivity index (χ3v) is 6.66. The number of piperazine rings is 1. The van der Waals surface area contributed by atoms with Gasteiger partial charge in [-0.25, -0.2) is 4.98 Å². The van der Waals surface area contributed by atoms with Crippen molar-refractivity contribution in [3.8, 4) is 5.75 Å². The summed E-state index contributed by atoms with van der Waals surface area (Å²) in [5.41, 5.74) is 2.53. The maximum absolute atomic E-state index is 12.3. The molecule has 0 unspecified atom stereocenters. The van der Waals surface area contributed by atoms with Crippen molar-refractivity contribution < 1.29 is 19.1 Å². The number of ether oxygens (including phenoxy) is 2. The van der Waals surface area contributed by atoms with E-state index < -0.39 is 0 Å². The van der Waals surface area contributed by atoms with Gasteiger partial charge in [-0.1, -0.05) is 39.3 Å². The number of rotatable bonds is 8. The molecule has 1 saturated heterocycles. The van der Waals surface area contributed by atoms with Crippen LogP contribution in [-0.4, -0.2) is 80.2 Å². The van der Waals surface area contributed by atoms with E-state index in [2.05, 4.69) is 20.2 Å². The standard InChI is InChI=1S/C25H33ClN6O4.C2H6/c1-16(2)24(34)31-7-9-32(10-8-31)25-27-15-19(26)23(29-25)28-18-13-17-5-6-21(33)30(3)22(17)20(14-18)36-12-11-35-4;1-2/h13-16H,5-12H2,1-4H3,(H,27,28,29);1-2H3. The Hall–Kier alpha value is -3.11. The van der Waals surface area contributed by atoms with Crippen LogP contribution in [0.2, 0.25) is 5.02 Å². The predicted octanol–water partition coefficient (Wildman–Crippen LogP) is 4.14. The van der Waals surface area contributed by atoms with Crippen LogP contribution < -0.4 is 19.9 Å². The molecule has 1 N–H and O–H groups in total. The fraction of sp³-hybridized carbons (Fsp3) is 0.556. The number of amides is 2. The maximum Gasteiger partial charge on any atom is 0.227 e. The Balaban J connectivity index is 0.00000195. The lowest BCUT2D eigenvalue weighted by Crippen LogP contribution is -2.50. The van der Waals surface area contributed by atoms with Crippen molar-refractivity contribution in [3.05, 3.63) is 28.9 Å². The molecule has 38 heavy (non-hydrogen) atoms. The minimum atomic E-state index is -0.0166. The average molecular weight is 547 g/mol. The topological polar surface area (TPSA) is 100 Å². The number of hydrogen-bond acceptors (Lipinski definition) is 8. The van der Waals surface area contributed by atoms with E-state index in [0.717, 1.165) is 16.9 Å². The molecule has 2 aliphatic rings. The van der Waals surface area contributed by atoms with Gasteiger partial charge in [0, 0.05) is 64.4 Å². The van der Waals surface area contributed by atoms with E-state index in [-0.39, 0.29) is 17.7 Å². The Morgan fingerprint density at radius 2 is 1.84 bits per heavy atom. The van der Waals surface area contributed by atoms with Crippen LogP contribution in [0.3, 0.4) is 0 Å². The van der Waals surface area contributed by atoms with Crippen LogP contribution in [0.15, 0.2) is 18.3 Å². The van der Waals surface area contributed by atoms with E-state index in [1.165, 1.54) is 0 Å². The zero-order valence-electron chi connectivity index (χ0n) is 23.2. The number of nitrogens with zero attached hydrogens (tertiary/aromatic N) is 5. The Labute approximate surface area is 230 Å². The lowest BCUT2D eigenvalue weighted by Gasteiger charge is -2.35. The zero-order valence-corrected chi connectivity index (χ0v) is 24.0. The average Bonchev–Trinajstić information content (AvgIpc) is 2.93. The van der Waals surface area contributed by atoms with Gasteiger partial charge in [-0.2, -0.15) is 4.98 Å². The molecule has 1 aromatic heterocycles. The molecule has 0 radical (unpaired) electrons. The largest absolute Gasteiger partial charge is 0.489 e. The number of aryl methyl sites for hydroxylation is 1. The molecule has 1 fully saturated rings. The number of methoxy groups -OCH3 is 1. The summed E-state index contributed by atoms with van der Waals surface area (Å²) in [6.45, 7) is 11.2. The van der Waals surface area contributed by atoms with Crippen LogP contribution in [0.25, 0.3) is 0 Å². The van der Waals surface area contributed by atoms with E-state index in [1.807, 2.05) is 44.7 Å². The number of nitrogens with one attached hydrogen (secondary N) is 1. The van der Waals surface area contributed by atoms with E-state index >= 15 is 0 Å². The minimum absolute atomic E-state index is 0.0166. The summed E-state index contributed by atoms with van der Waals surface area (Å²) in [5, 5.41) is 3.70. The van der Waals surface area contributed by atoms with E-state index in [9.17, 15) is 9.59 Å². The number of fused-ring (bicyclic) bond motifs is 1. The van der Waals surface area contributed by atoms with Gasteiger partial charge in [0.25, 0.3) is 0 Å². The van der Waals surface area contributed by atoms with Crippen LogP contribution in [0.4, 0.5) is 23.1 Å². The summed E-state index contributed by atoms with van der Waals surface area (Å²) in [6.07, 6.45) is 2.64. The molecule has 1 aromatic carbocycles. The van der Waals surface area contributed by atoms with Crippen molar-refractivity contribution in [1.29, 1.82) is 0 Å². The smallest absolute Gasteiger partial charge is 0.227 e. The number of carbonyl (C=O) groups is 2. The van der Waals surface area contributed by atoms with E-state index in [4.69, 9.17) is 21.1 Å². The first-order valence-electron chi connectivity index (χ1n) is 13.2. The Morgan fingerprint density at radius 1 is 1.13 bits per heavy atom. The Kier molecular flexibility index (Phi) is 10.6. The van der Waals surface area contributed by atoms with Crippen molar-refractivity contribution in [3.63, 3.8) is 0 Å². The lowest BCUT2D eigenvalue weighted by molar-refractivity contribution is -0.134. The van der Waals surface area contributed by atoms with Crippen LogP contribution in [0.5, 0.6) is 5.75 Å². The maximum atomic E-state index is 12.3. The minimum Gasteiger partial charge on any atom is -0.489 e. The molecule has 4 rings (SSSR count). The molecule has 10 nitrogen and oxygen atoms in total. The second-order valence-corrected chi connectivity index (χ2v) is 9.64. The van der Waals surface area contributed by atoms with Gasteiger partial charge in [0.15, 0.2) is 5.82 Å². The third kappa shape index (κ3) is 6.85. The number of aromatic nitrogens is 2. The highest BCUT2D eigenvalue weighted by Gasteiger charge is 2.27. The second kappa shape index (κ2) is 13.6. The van der Waals surface area contributed by atoms with Crippen LogP contribution in [0, 0.1) is 5.92 Å². The molecule has 3 heterocycles. The van der Waals surface area contributed by atoms with Gasteiger partial charge in [-0.05, 0) is 18.1 Å². The molecule has 2 amide bonds. The van der Waals surface area contributed by atoms with Crippen LogP contribution in [0.1, 0.15) is 39.7 Å². The SMILES string of the molecule is CC.COCCOc1cc(Nc2nc(N3CCN(C(=O)C(C)C)CC3)ncc2Cl)cc2c1N(C)C(=O)CC2. The van der Waals surface area contributed by atoms with Gasteiger partial charge < -0.3 is 29.5 Å². The molecular formula is C27H39ClN6O4. The highest BCUT2D eigenvalue weighted by atomic mass is 35.5. The predicted molar refractivity (Wildman–Crippen MR) is 151 cm³/mol. The summed E-state index contributed by atoms with van der Waals surface area (Å²) < 4.78 is 11.1. The number of anilines is 4. The summed E-state index contributed by atoms with van der Waals surface area (Å²) in [5.74, 6) is 1.83. The quantitative estimate of drug-likeness (QED) is 0.493. The first-order valence-corrected chi connectivity index (χ1v) is 13.5. The molecule has 2 aromatic rings. The molecule has 208 valence electrons. The highest BCUT2D eigenvalue weighted by molar-refractivity contribution is 6.32. The van der Waals surface area contributed by atoms with Gasteiger partial charge in [0.2, 0.25) is 17.8 Å².